The van der Waals surface area contributed by atoms with Gasteiger partial charge in [-0.25, -0.2) is 0 Å². The Morgan fingerprint density at radius 3 is 2.61 bits per heavy atom. The number of amides is 1. The molecule has 0 spiro atoms. The van der Waals surface area contributed by atoms with Crippen molar-refractivity contribution in [3.8, 4) is 5.75 Å². The Labute approximate surface area is 180 Å². The minimum absolute atomic E-state index is 0.0517. The largest absolute Gasteiger partial charge is 0.507 e. The fourth-order valence-corrected chi connectivity index (χ4v) is 3.86. The van der Waals surface area contributed by atoms with Crippen molar-refractivity contribution >= 4 is 17.4 Å². The number of carbonyl (C=O) groups excluding carboxylic acids is 2. The molecule has 0 aliphatic carbocycles. The highest BCUT2D eigenvalue weighted by molar-refractivity contribution is 6.46. The maximum Gasteiger partial charge on any atom is 0.296 e. The minimum atomic E-state index is -0.735. The summed E-state index contributed by atoms with van der Waals surface area (Å²) in [5.41, 5.74) is 2.20. The molecule has 2 aromatic carbocycles. The molecule has 1 saturated heterocycles. The topological polar surface area (TPSA) is 80.0 Å². The fourth-order valence-electron chi connectivity index (χ4n) is 3.86. The maximum absolute atomic E-state index is 13.1. The molecule has 4 rings (SSSR count). The normalized spacial score (nSPS) is 17.9. The van der Waals surface area contributed by atoms with E-state index in [-0.39, 0.29) is 17.9 Å². The average Bonchev–Trinajstić information content (AvgIpc) is 3.36. The number of nitrogens with zero attached hydrogens (tertiary/aromatic N) is 1. The number of hydrogen-bond acceptors (Lipinski definition) is 5. The predicted octanol–water partition coefficient (Wildman–Crippen LogP) is 4.61. The third-order valence-electron chi connectivity index (χ3n) is 5.22. The zero-order valence-corrected chi connectivity index (χ0v) is 17.4. The van der Waals surface area contributed by atoms with Crippen molar-refractivity contribution in [3.05, 3.63) is 95.0 Å². The van der Waals surface area contributed by atoms with Crippen LogP contribution in [0, 0.1) is 6.92 Å². The van der Waals surface area contributed by atoms with E-state index in [4.69, 9.17) is 9.15 Å². The van der Waals surface area contributed by atoms with Crippen LogP contribution in [0.15, 0.2) is 76.9 Å². The molecule has 1 atom stereocenters. The van der Waals surface area contributed by atoms with Crippen LogP contribution in [0.4, 0.5) is 0 Å². The molecule has 1 N–H and O–H groups in total. The van der Waals surface area contributed by atoms with E-state index in [9.17, 15) is 14.7 Å². The summed E-state index contributed by atoms with van der Waals surface area (Å²) in [6.07, 6.45) is 1.52. The number of furan rings is 1. The van der Waals surface area contributed by atoms with Gasteiger partial charge in [-0.05, 0) is 43.7 Å². The molecule has 1 aliphatic heterocycles. The lowest BCUT2D eigenvalue weighted by atomic mass is 9.94. The summed E-state index contributed by atoms with van der Waals surface area (Å²) in [4.78, 5) is 27.5. The first kappa shape index (κ1) is 20.5. The van der Waals surface area contributed by atoms with Gasteiger partial charge in [0, 0.05) is 5.56 Å². The van der Waals surface area contributed by atoms with Gasteiger partial charge in [-0.1, -0.05) is 42.0 Å². The van der Waals surface area contributed by atoms with Crippen molar-refractivity contribution in [1.29, 1.82) is 0 Å². The van der Waals surface area contributed by atoms with Gasteiger partial charge in [0.25, 0.3) is 11.7 Å². The molecule has 0 saturated carbocycles. The number of hydrogen-bond donors (Lipinski definition) is 1. The highest BCUT2D eigenvalue weighted by Crippen LogP contribution is 2.40. The van der Waals surface area contributed by atoms with E-state index < -0.39 is 17.7 Å². The van der Waals surface area contributed by atoms with E-state index >= 15 is 0 Å². The second-order valence-electron chi connectivity index (χ2n) is 7.38. The van der Waals surface area contributed by atoms with Crippen LogP contribution in [0.25, 0.3) is 5.76 Å². The van der Waals surface area contributed by atoms with Gasteiger partial charge in [-0.2, -0.15) is 0 Å². The van der Waals surface area contributed by atoms with Crippen LogP contribution in [-0.4, -0.2) is 28.3 Å². The smallest absolute Gasteiger partial charge is 0.296 e. The van der Waals surface area contributed by atoms with Crippen LogP contribution in [0.5, 0.6) is 5.75 Å². The Morgan fingerprint density at radius 2 is 1.90 bits per heavy atom. The zero-order chi connectivity index (χ0) is 22.0. The Balaban J connectivity index is 1.86. The van der Waals surface area contributed by atoms with Crippen molar-refractivity contribution in [2.24, 2.45) is 0 Å². The van der Waals surface area contributed by atoms with Gasteiger partial charge in [0.2, 0.25) is 0 Å². The van der Waals surface area contributed by atoms with Gasteiger partial charge in [0.15, 0.2) is 0 Å². The lowest BCUT2D eigenvalue weighted by Gasteiger charge is -2.24. The summed E-state index contributed by atoms with van der Waals surface area (Å²) < 4.78 is 10.9. The van der Waals surface area contributed by atoms with Crippen molar-refractivity contribution in [2.75, 3.05) is 6.61 Å². The second kappa shape index (κ2) is 8.52. The van der Waals surface area contributed by atoms with Gasteiger partial charge in [0.1, 0.15) is 17.3 Å². The summed E-state index contributed by atoms with van der Waals surface area (Å²) in [7, 11) is 0. The molecule has 1 aliphatic rings. The molecule has 0 radical (unpaired) electrons. The summed E-state index contributed by atoms with van der Waals surface area (Å²) >= 11 is 0. The molecule has 0 bridgehead atoms. The number of aryl methyl sites for hydroxylation is 1. The fraction of sp³-hybridized carbons (Fsp3) is 0.200. The number of aliphatic hydroxyl groups excluding tert-OH is 1. The van der Waals surface area contributed by atoms with E-state index in [1.807, 2.05) is 38.1 Å². The van der Waals surface area contributed by atoms with Crippen molar-refractivity contribution in [2.45, 2.75) is 26.4 Å². The average molecular weight is 417 g/mol. The van der Waals surface area contributed by atoms with E-state index in [0.717, 1.165) is 11.1 Å². The molecule has 31 heavy (non-hydrogen) atoms. The molecular formula is C25H23NO5. The van der Waals surface area contributed by atoms with E-state index in [2.05, 4.69) is 0 Å². The van der Waals surface area contributed by atoms with Crippen LogP contribution in [0.1, 0.15) is 35.4 Å². The number of Topliss-reactive ketones (excluding diaryl/α,β-unsaturated/α-hetero) is 1. The van der Waals surface area contributed by atoms with Crippen LogP contribution in [0.3, 0.4) is 0 Å². The quantitative estimate of drug-likeness (QED) is 0.360. The van der Waals surface area contributed by atoms with Crippen molar-refractivity contribution < 1.29 is 23.8 Å². The van der Waals surface area contributed by atoms with Crippen LogP contribution in [-0.2, 0) is 16.1 Å². The number of ketones is 1. The molecule has 1 amide bonds. The SMILES string of the molecule is CCOc1cccc(/C(O)=C2/C(=O)C(=O)N(Cc3ccco3)C2c2cccc(C)c2)c1. The Hall–Kier alpha value is -3.80. The number of benzene rings is 2. The van der Waals surface area contributed by atoms with Crippen molar-refractivity contribution in [3.63, 3.8) is 0 Å². The van der Waals surface area contributed by atoms with Crippen molar-refractivity contribution in [1.82, 2.24) is 4.90 Å². The highest BCUT2D eigenvalue weighted by Gasteiger charge is 2.46. The summed E-state index contributed by atoms with van der Waals surface area (Å²) in [6, 6.07) is 17.2. The second-order valence-corrected chi connectivity index (χ2v) is 7.38. The number of aliphatic hydroxyl groups is 1. The molecule has 2 heterocycles. The molecule has 6 nitrogen and oxygen atoms in total. The first-order valence-electron chi connectivity index (χ1n) is 10.1. The number of likely N-dealkylation sites (tertiary alicyclic amines) is 1. The monoisotopic (exact) mass is 417 g/mol. The first-order valence-corrected chi connectivity index (χ1v) is 10.1. The van der Waals surface area contributed by atoms with Gasteiger partial charge < -0.3 is 19.2 Å². The molecule has 158 valence electrons. The van der Waals surface area contributed by atoms with E-state index in [0.29, 0.717) is 23.7 Å². The van der Waals surface area contributed by atoms with Gasteiger partial charge in [-0.15, -0.1) is 0 Å². The molecule has 1 fully saturated rings. The lowest BCUT2D eigenvalue weighted by molar-refractivity contribution is -0.140. The third-order valence-corrected chi connectivity index (χ3v) is 5.22. The Bertz CT molecular complexity index is 1150. The van der Waals surface area contributed by atoms with Gasteiger partial charge >= 0.3 is 0 Å². The van der Waals surface area contributed by atoms with Gasteiger partial charge in [-0.3, -0.25) is 9.59 Å². The third kappa shape index (κ3) is 3.97. The first-order chi connectivity index (χ1) is 15.0. The highest BCUT2D eigenvalue weighted by atomic mass is 16.5. The summed E-state index contributed by atoms with van der Waals surface area (Å²) in [5.74, 6) is -0.502. The summed E-state index contributed by atoms with van der Waals surface area (Å²) in [5, 5.41) is 11.1. The molecule has 1 unspecified atom stereocenters. The van der Waals surface area contributed by atoms with Crippen LogP contribution >= 0.6 is 0 Å². The number of ether oxygens (including phenoxy) is 1. The van der Waals surface area contributed by atoms with Crippen LogP contribution in [0.2, 0.25) is 0 Å². The molecule has 6 heteroatoms. The lowest BCUT2D eigenvalue weighted by Crippen LogP contribution is -2.29. The van der Waals surface area contributed by atoms with Crippen LogP contribution < -0.4 is 4.74 Å². The summed E-state index contributed by atoms with van der Waals surface area (Å²) in [6.45, 7) is 4.39. The number of carbonyl (C=O) groups is 2. The molecule has 3 aromatic rings. The Kier molecular flexibility index (Phi) is 5.62. The Morgan fingerprint density at radius 1 is 1.10 bits per heavy atom. The minimum Gasteiger partial charge on any atom is -0.507 e. The van der Waals surface area contributed by atoms with E-state index in [1.165, 1.54) is 11.2 Å². The number of rotatable bonds is 6. The maximum atomic E-state index is 13.1. The predicted molar refractivity (Wildman–Crippen MR) is 115 cm³/mol. The van der Waals surface area contributed by atoms with Gasteiger partial charge in [0.05, 0.1) is 31.0 Å². The standard InChI is InChI=1S/C25H23NO5/c1-3-30-19-10-5-9-18(14-19)23(27)21-22(17-8-4-7-16(2)13-17)26(25(29)24(21)28)15-20-11-6-12-31-20/h4-14,22,27H,3,15H2,1-2H3/b23-21-. The molecule has 1 aromatic heterocycles. The van der Waals surface area contributed by atoms with E-state index in [1.54, 1.807) is 36.4 Å². The zero-order valence-electron chi connectivity index (χ0n) is 17.4. The molecular weight excluding hydrogens is 394 g/mol.